The van der Waals surface area contributed by atoms with Crippen LogP contribution in [0.1, 0.15) is 24.3 Å². The molecular formula is C8H8N2O. The zero-order chi connectivity index (χ0) is 8.27. The van der Waals surface area contributed by atoms with Gasteiger partial charge in [0.25, 0.3) is 0 Å². The molecule has 0 bridgehead atoms. The van der Waals surface area contributed by atoms with Crippen LogP contribution in [0, 0.1) is 11.3 Å². The summed E-state index contributed by atoms with van der Waals surface area (Å²) in [5.74, 6) is 0. The maximum Gasteiger partial charge on any atom is 0.140 e. The first-order chi connectivity index (χ1) is 5.24. The number of nitrogens with zero attached hydrogens (tertiary/aromatic N) is 2. The molecule has 56 valence electrons. The zero-order valence-electron chi connectivity index (χ0n) is 6.15. The van der Waals surface area contributed by atoms with Crippen molar-refractivity contribution in [3.63, 3.8) is 0 Å². The van der Waals surface area contributed by atoms with Crippen molar-refractivity contribution in [2.45, 2.75) is 13.0 Å². The molecule has 1 N–H and O–H groups in total. The van der Waals surface area contributed by atoms with Crippen molar-refractivity contribution in [2.24, 2.45) is 0 Å². The van der Waals surface area contributed by atoms with Gasteiger partial charge in [0.05, 0.1) is 6.10 Å². The van der Waals surface area contributed by atoms with Gasteiger partial charge in [-0.3, -0.25) is 0 Å². The van der Waals surface area contributed by atoms with E-state index in [-0.39, 0.29) is 0 Å². The van der Waals surface area contributed by atoms with Gasteiger partial charge >= 0.3 is 0 Å². The van der Waals surface area contributed by atoms with Crippen LogP contribution in [0.15, 0.2) is 18.3 Å². The van der Waals surface area contributed by atoms with Crippen molar-refractivity contribution >= 4 is 0 Å². The highest BCUT2D eigenvalue weighted by Crippen LogP contribution is 2.10. The van der Waals surface area contributed by atoms with E-state index in [0.717, 1.165) is 5.56 Å². The predicted molar refractivity (Wildman–Crippen MR) is 39.6 cm³/mol. The van der Waals surface area contributed by atoms with Gasteiger partial charge in [0.2, 0.25) is 0 Å². The third kappa shape index (κ3) is 1.76. The first-order valence-corrected chi connectivity index (χ1v) is 3.28. The van der Waals surface area contributed by atoms with Crippen LogP contribution < -0.4 is 0 Å². The Labute approximate surface area is 64.9 Å². The predicted octanol–water partition coefficient (Wildman–Crippen LogP) is 1.01. The standard InChI is InChI=1S/C8H8N2O/c1-6(11)7-2-3-10-8(4-7)5-9/h2-4,6,11H,1H3. The Morgan fingerprint density at radius 2 is 2.45 bits per heavy atom. The van der Waals surface area contributed by atoms with Crippen LogP contribution in [-0.2, 0) is 0 Å². The lowest BCUT2D eigenvalue weighted by Gasteiger charge is -2.02. The first-order valence-electron chi connectivity index (χ1n) is 3.28. The number of nitriles is 1. The fraction of sp³-hybridized carbons (Fsp3) is 0.250. The Bertz CT molecular complexity index is 288. The summed E-state index contributed by atoms with van der Waals surface area (Å²) in [5.41, 5.74) is 1.06. The zero-order valence-corrected chi connectivity index (χ0v) is 6.15. The van der Waals surface area contributed by atoms with Crippen LogP contribution in [0.2, 0.25) is 0 Å². The van der Waals surface area contributed by atoms with Crippen LogP contribution in [0.25, 0.3) is 0 Å². The van der Waals surface area contributed by atoms with Crippen LogP contribution in [-0.4, -0.2) is 10.1 Å². The minimum atomic E-state index is -0.537. The van der Waals surface area contributed by atoms with Crippen LogP contribution in [0.5, 0.6) is 0 Å². The number of aliphatic hydroxyl groups is 1. The Hall–Kier alpha value is -1.40. The maximum atomic E-state index is 9.11. The fourth-order valence-electron chi connectivity index (χ4n) is 0.768. The van der Waals surface area contributed by atoms with Gasteiger partial charge in [-0.2, -0.15) is 5.26 Å². The third-order valence-corrected chi connectivity index (χ3v) is 1.38. The summed E-state index contributed by atoms with van der Waals surface area (Å²) in [5, 5.41) is 17.6. The first kappa shape index (κ1) is 7.70. The molecule has 0 saturated carbocycles. The minimum Gasteiger partial charge on any atom is -0.389 e. The second kappa shape index (κ2) is 3.13. The van der Waals surface area contributed by atoms with E-state index in [2.05, 4.69) is 4.98 Å². The largest absolute Gasteiger partial charge is 0.389 e. The molecule has 0 aliphatic heterocycles. The molecule has 1 unspecified atom stereocenters. The molecule has 1 heterocycles. The van der Waals surface area contributed by atoms with Crippen molar-refractivity contribution in [2.75, 3.05) is 0 Å². The van der Waals surface area contributed by atoms with Crippen molar-refractivity contribution in [3.8, 4) is 6.07 Å². The lowest BCUT2D eigenvalue weighted by atomic mass is 10.1. The van der Waals surface area contributed by atoms with Crippen LogP contribution in [0.3, 0.4) is 0 Å². The van der Waals surface area contributed by atoms with E-state index in [9.17, 15) is 0 Å². The average molecular weight is 148 g/mol. The van der Waals surface area contributed by atoms with Crippen molar-refractivity contribution in [3.05, 3.63) is 29.6 Å². The summed E-state index contributed by atoms with van der Waals surface area (Å²) in [4.78, 5) is 3.77. The SMILES string of the molecule is CC(O)c1ccnc(C#N)c1. The van der Waals surface area contributed by atoms with Gasteiger partial charge < -0.3 is 5.11 Å². The molecular weight excluding hydrogens is 140 g/mol. The van der Waals surface area contributed by atoms with Crippen molar-refractivity contribution < 1.29 is 5.11 Å². The summed E-state index contributed by atoms with van der Waals surface area (Å²) in [6, 6.07) is 5.16. The van der Waals surface area contributed by atoms with Crippen LogP contribution in [0.4, 0.5) is 0 Å². The number of rotatable bonds is 1. The molecule has 3 heteroatoms. The molecule has 0 radical (unpaired) electrons. The topological polar surface area (TPSA) is 56.9 Å². The summed E-state index contributed by atoms with van der Waals surface area (Å²) < 4.78 is 0. The van der Waals surface area contributed by atoms with E-state index in [1.165, 1.54) is 6.20 Å². The summed E-state index contributed by atoms with van der Waals surface area (Å²) in [6.07, 6.45) is 0.978. The Balaban J connectivity index is 3.03. The normalized spacial score (nSPS) is 12.1. The van der Waals surface area contributed by atoms with Gasteiger partial charge in [0, 0.05) is 6.20 Å². The number of hydrogen-bond acceptors (Lipinski definition) is 3. The van der Waals surface area contributed by atoms with Crippen LogP contribution >= 0.6 is 0 Å². The van der Waals surface area contributed by atoms with E-state index in [4.69, 9.17) is 10.4 Å². The number of pyridine rings is 1. The smallest absolute Gasteiger partial charge is 0.140 e. The summed E-state index contributed by atoms with van der Waals surface area (Å²) in [6.45, 7) is 1.65. The summed E-state index contributed by atoms with van der Waals surface area (Å²) in [7, 11) is 0. The Morgan fingerprint density at radius 3 is 3.00 bits per heavy atom. The molecule has 1 aromatic heterocycles. The average Bonchev–Trinajstić information content (AvgIpc) is 2.05. The second-order valence-corrected chi connectivity index (χ2v) is 2.26. The highest BCUT2D eigenvalue weighted by Gasteiger charge is 2.00. The molecule has 0 aromatic carbocycles. The Kier molecular flexibility index (Phi) is 2.19. The van der Waals surface area contributed by atoms with E-state index in [0.29, 0.717) is 5.69 Å². The lowest BCUT2D eigenvalue weighted by Crippen LogP contribution is -1.92. The number of aliphatic hydroxyl groups excluding tert-OH is 1. The molecule has 0 aliphatic rings. The molecule has 11 heavy (non-hydrogen) atoms. The van der Waals surface area contributed by atoms with Gasteiger partial charge in [-0.25, -0.2) is 4.98 Å². The molecule has 0 spiro atoms. The summed E-state index contributed by atoms with van der Waals surface area (Å²) >= 11 is 0. The highest BCUT2D eigenvalue weighted by atomic mass is 16.3. The minimum absolute atomic E-state index is 0.336. The molecule has 0 saturated heterocycles. The molecule has 3 nitrogen and oxygen atoms in total. The highest BCUT2D eigenvalue weighted by molar-refractivity contribution is 5.26. The third-order valence-electron chi connectivity index (χ3n) is 1.38. The lowest BCUT2D eigenvalue weighted by molar-refractivity contribution is 0.199. The van der Waals surface area contributed by atoms with Gasteiger partial charge in [-0.05, 0) is 24.6 Å². The Morgan fingerprint density at radius 1 is 1.73 bits per heavy atom. The van der Waals surface area contributed by atoms with Crippen molar-refractivity contribution in [1.29, 1.82) is 5.26 Å². The van der Waals surface area contributed by atoms with Gasteiger partial charge in [-0.1, -0.05) is 0 Å². The number of hydrogen-bond donors (Lipinski definition) is 1. The van der Waals surface area contributed by atoms with E-state index in [1.807, 2.05) is 6.07 Å². The van der Waals surface area contributed by atoms with Gasteiger partial charge in [0.15, 0.2) is 0 Å². The molecule has 0 aliphatic carbocycles. The monoisotopic (exact) mass is 148 g/mol. The molecule has 0 amide bonds. The quantitative estimate of drug-likeness (QED) is 0.646. The van der Waals surface area contributed by atoms with E-state index >= 15 is 0 Å². The molecule has 1 atom stereocenters. The van der Waals surface area contributed by atoms with E-state index < -0.39 is 6.10 Å². The van der Waals surface area contributed by atoms with Gasteiger partial charge in [0.1, 0.15) is 11.8 Å². The molecule has 1 rings (SSSR count). The van der Waals surface area contributed by atoms with E-state index in [1.54, 1.807) is 19.1 Å². The van der Waals surface area contributed by atoms with Crippen molar-refractivity contribution in [1.82, 2.24) is 4.98 Å². The second-order valence-electron chi connectivity index (χ2n) is 2.26. The molecule has 1 aromatic rings. The molecule has 0 fully saturated rings. The fourth-order valence-corrected chi connectivity index (χ4v) is 0.768. The van der Waals surface area contributed by atoms with Gasteiger partial charge in [-0.15, -0.1) is 0 Å². The maximum absolute atomic E-state index is 9.11. The number of aromatic nitrogens is 1.